The van der Waals surface area contributed by atoms with E-state index >= 15 is 0 Å². The summed E-state index contributed by atoms with van der Waals surface area (Å²) in [6.45, 7) is 1.17. The second kappa shape index (κ2) is 11.4. The van der Waals surface area contributed by atoms with Gasteiger partial charge in [-0.1, -0.05) is 25.0 Å². The van der Waals surface area contributed by atoms with Crippen molar-refractivity contribution >= 4 is 21.9 Å². The summed E-state index contributed by atoms with van der Waals surface area (Å²) in [7, 11) is -1.02. The minimum Gasteiger partial charge on any atom is -0.497 e. The molecule has 1 saturated carbocycles. The molecule has 0 spiro atoms. The second-order valence-corrected chi connectivity index (χ2v) is 11.4. The molecule has 8 nitrogen and oxygen atoms in total. The molecule has 1 unspecified atom stereocenters. The highest BCUT2D eigenvalue weighted by atomic mass is 32.2. The molecule has 36 heavy (non-hydrogen) atoms. The lowest BCUT2D eigenvalue weighted by molar-refractivity contribution is -0.137. The first-order valence-corrected chi connectivity index (χ1v) is 13.9. The number of carbonyl (C=O) groups is 2. The van der Waals surface area contributed by atoms with Crippen molar-refractivity contribution in [1.82, 2.24) is 9.21 Å². The molecule has 1 saturated heterocycles. The Balaban J connectivity index is 1.62. The van der Waals surface area contributed by atoms with Gasteiger partial charge in [-0.05, 0) is 67.6 Å². The monoisotopic (exact) mass is 514 g/mol. The summed E-state index contributed by atoms with van der Waals surface area (Å²) in [5.74, 6) is 0.338. The van der Waals surface area contributed by atoms with Gasteiger partial charge in [0, 0.05) is 31.6 Å². The number of likely N-dealkylation sites (tertiary alicyclic amines) is 1. The molecule has 1 heterocycles. The highest BCUT2D eigenvalue weighted by molar-refractivity contribution is 7.89. The minimum absolute atomic E-state index is 0.0567. The van der Waals surface area contributed by atoms with E-state index in [0.717, 1.165) is 37.7 Å². The maximum Gasteiger partial charge on any atom is 0.337 e. The normalized spacial score (nSPS) is 18.9. The van der Waals surface area contributed by atoms with E-state index in [4.69, 9.17) is 9.47 Å². The number of methoxy groups -OCH3 is 2. The molecule has 9 heteroatoms. The van der Waals surface area contributed by atoms with E-state index in [2.05, 4.69) is 0 Å². The third kappa shape index (κ3) is 5.73. The van der Waals surface area contributed by atoms with Gasteiger partial charge in [-0.2, -0.15) is 4.31 Å². The Morgan fingerprint density at radius 1 is 0.944 bits per heavy atom. The van der Waals surface area contributed by atoms with E-state index in [-0.39, 0.29) is 29.3 Å². The van der Waals surface area contributed by atoms with Crippen molar-refractivity contribution in [3.8, 4) is 5.75 Å². The van der Waals surface area contributed by atoms with Gasteiger partial charge in [-0.3, -0.25) is 4.79 Å². The number of benzene rings is 2. The van der Waals surface area contributed by atoms with Crippen molar-refractivity contribution in [3.05, 3.63) is 59.7 Å². The van der Waals surface area contributed by atoms with Crippen LogP contribution in [0.4, 0.5) is 0 Å². The highest BCUT2D eigenvalue weighted by Gasteiger charge is 2.37. The van der Waals surface area contributed by atoms with Crippen LogP contribution >= 0.6 is 0 Å². The van der Waals surface area contributed by atoms with Crippen LogP contribution in [-0.2, 0) is 26.1 Å². The molecule has 1 atom stereocenters. The Labute approximate surface area is 213 Å². The van der Waals surface area contributed by atoms with Crippen LogP contribution in [0, 0.1) is 5.92 Å². The SMILES string of the molecule is COC(=O)c1ccc(CN(C2CCCN(C(=O)C3CCCC3)C2)S(=O)(=O)c2ccc(OC)cc2)cc1. The topological polar surface area (TPSA) is 93.2 Å². The summed E-state index contributed by atoms with van der Waals surface area (Å²) in [5.41, 5.74) is 1.15. The fourth-order valence-corrected chi connectivity index (χ4v) is 6.79. The fraction of sp³-hybridized carbons (Fsp3) is 0.481. The average Bonchev–Trinajstić information content (AvgIpc) is 3.46. The van der Waals surface area contributed by atoms with Crippen LogP contribution in [0.3, 0.4) is 0 Å². The number of hydrogen-bond acceptors (Lipinski definition) is 6. The summed E-state index contributed by atoms with van der Waals surface area (Å²) in [4.78, 5) is 27.0. The number of ether oxygens (including phenoxy) is 2. The van der Waals surface area contributed by atoms with E-state index in [1.54, 1.807) is 48.5 Å². The summed E-state index contributed by atoms with van der Waals surface area (Å²) < 4.78 is 39.3. The third-order valence-corrected chi connectivity index (χ3v) is 9.11. The van der Waals surface area contributed by atoms with Gasteiger partial charge in [0.25, 0.3) is 0 Å². The largest absolute Gasteiger partial charge is 0.497 e. The quantitative estimate of drug-likeness (QED) is 0.497. The number of rotatable bonds is 8. The van der Waals surface area contributed by atoms with Crippen molar-refractivity contribution in [3.63, 3.8) is 0 Å². The van der Waals surface area contributed by atoms with E-state index in [0.29, 0.717) is 30.8 Å². The van der Waals surface area contributed by atoms with Gasteiger partial charge < -0.3 is 14.4 Å². The number of nitrogens with zero attached hydrogens (tertiary/aromatic N) is 2. The molecule has 2 fully saturated rings. The molecule has 0 N–H and O–H groups in total. The fourth-order valence-electron chi connectivity index (χ4n) is 5.16. The zero-order valence-corrected chi connectivity index (χ0v) is 21.7. The van der Waals surface area contributed by atoms with E-state index in [1.807, 2.05) is 4.90 Å². The number of hydrogen-bond donors (Lipinski definition) is 0. The maximum absolute atomic E-state index is 13.9. The van der Waals surface area contributed by atoms with Crippen LogP contribution < -0.4 is 4.74 Å². The number of esters is 1. The Hall–Kier alpha value is -2.91. The van der Waals surface area contributed by atoms with E-state index in [1.165, 1.54) is 18.5 Å². The van der Waals surface area contributed by atoms with Crippen LogP contribution in [-0.4, -0.2) is 62.9 Å². The third-order valence-electron chi connectivity index (χ3n) is 7.20. The first kappa shape index (κ1) is 26.2. The van der Waals surface area contributed by atoms with Crippen molar-refractivity contribution in [2.75, 3.05) is 27.3 Å². The van der Waals surface area contributed by atoms with E-state index in [9.17, 15) is 18.0 Å². The van der Waals surface area contributed by atoms with Crippen molar-refractivity contribution in [1.29, 1.82) is 0 Å². The van der Waals surface area contributed by atoms with Gasteiger partial charge in [-0.25, -0.2) is 13.2 Å². The maximum atomic E-state index is 13.9. The predicted octanol–water partition coefficient (Wildman–Crippen LogP) is 3.85. The van der Waals surface area contributed by atoms with Crippen LogP contribution in [0.15, 0.2) is 53.4 Å². The average molecular weight is 515 g/mol. The van der Waals surface area contributed by atoms with Gasteiger partial charge in [0.15, 0.2) is 0 Å². The summed E-state index contributed by atoms with van der Waals surface area (Å²) in [6.07, 6.45) is 5.41. The summed E-state index contributed by atoms with van der Waals surface area (Å²) in [5, 5.41) is 0. The first-order valence-electron chi connectivity index (χ1n) is 12.5. The molecule has 194 valence electrons. The Bertz CT molecular complexity index is 1160. The Kier molecular flexibility index (Phi) is 8.31. The molecule has 1 aliphatic carbocycles. The zero-order valence-electron chi connectivity index (χ0n) is 20.9. The first-order chi connectivity index (χ1) is 17.3. The number of carbonyl (C=O) groups excluding carboxylic acids is 2. The van der Waals surface area contributed by atoms with Crippen molar-refractivity contribution < 1.29 is 27.5 Å². The zero-order chi connectivity index (χ0) is 25.7. The molecule has 0 bridgehead atoms. The molecular formula is C27H34N2O6S. The second-order valence-electron chi connectivity index (χ2n) is 9.48. The molecular weight excluding hydrogens is 480 g/mol. The number of piperidine rings is 1. The molecule has 2 aromatic rings. The smallest absolute Gasteiger partial charge is 0.337 e. The minimum atomic E-state index is -3.87. The molecule has 1 aliphatic heterocycles. The lowest BCUT2D eigenvalue weighted by Gasteiger charge is -2.39. The molecule has 2 aromatic carbocycles. The molecule has 0 radical (unpaired) electrons. The standard InChI is InChI=1S/C27H34N2O6S/c1-34-24-13-15-25(16-14-24)36(32,33)29(18-20-9-11-22(12-10-20)27(31)35-2)23-8-5-17-28(19-23)26(30)21-6-3-4-7-21/h9-16,21,23H,3-8,17-19H2,1-2H3. The van der Waals surface area contributed by atoms with Crippen LogP contribution in [0.1, 0.15) is 54.4 Å². The number of amides is 1. The molecule has 4 rings (SSSR count). The lowest BCUT2D eigenvalue weighted by atomic mass is 10.0. The van der Waals surface area contributed by atoms with Crippen molar-refractivity contribution in [2.24, 2.45) is 5.92 Å². The Morgan fingerprint density at radius 2 is 1.61 bits per heavy atom. The number of sulfonamides is 1. The van der Waals surface area contributed by atoms with Gasteiger partial charge >= 0.3 is 5.97 Å². The van der Waals surface area contributed by atoms with E-state index < -0.39 is 16.0 Å². The van der Waals surface area contributed by atoms with Crippen molar-refractivity contribution in [2.45, 2.75) is 56.0 Å². The summed E-state index contributed by atoms with van der Waals surface area (Å²) >= 11 is 0. The molecule has 2 aliphatic rings. The van der Waals surface area contributed by atoms with Gasteiger partial charge in [-0.15, -0.1) is 0 Å². The van der Waals surface area contributed by atoms with Crippen LogP contribution in [0.2, 0.25) is 0 Å². The summed E-state index contributed by atoms with van der Waals surface area (Å²) in [6, 6.07) is 12.8. The van der Waals surface area contributed by atoms with Gasteiger partial charge in [0.05, 0.1) is 24.7 Å². The lowest BCUT2D eigenvalue weighted by Crippen LogP contribution is -2.52. The van der Waals surface area contributed by atoms with Crippen LogP contribution in [0.5, 0.6) is 5.75 Å². The Morgan fingerprint density at radius 3 is 2.22 bits per heavy atom. The molecule has 0 aromatic heterocycles. The van der Waals surface area contributed by atoms with Gasteiger partial charge in [0.2, 0.25) is 15.9 Å². The van der Waals surface area contributed by atoms with Gasteiger partial charge in [0.1, 0.15) is 5.75 Å². The molecule has 1 amide bonds. The highest BCUT2D eigenvalue weighted by Crippen LogP contribution is 2.31. The predicted molar refractivity (Wildman–Crippen MR) is 135 cm³/mol. The van der Waals surface area contributed by atoms with Crippen LogP contribution in [0.25, 0.3) is 0 Å².